The van der Waals surface area contributed by atoms with Gasteiger partial charge in [0.05, 0.1) is 19.9 Å². The molecule has 0 spiro atoms. The van der Waals surface area contributed by atoms with Gasteiger partial charge in [-0.15, -0.1) is 0 Å². The van der Waals surface area contributed by atoms with Crippen molar-refractivity contribution in [3.05, 3.63) is 11.6 Å². The summed E-state index contributed by atoms with van der Waals surface area (Å²) < 4.78 is 6.34. The van der Waals surface area contributed by atoms with Crippen molar-refractivity contribution in [2.24, 2.45) is 7.05 Å². The van der Waals surface area contributed by atoms with Crippen molar-refractivity contribution in [2.75, 3.05) is 19.0 Å². The predicted octanol–water partition coefficient (Wildman–Crippen LogP) is 0.992. The quantitative estimate of drug-likeness (QED) is 0.658. The topological polar surface area (TPSA) is 81.9 Å². The molecular weight excluding hydrogens is 258 g/mol. The van der Waals surface area contributed by atoms with E-state index in [1.165, 1.54) is 7.11 Å². The van der Waals surface area contributed by atoms with Crippen molar-refractivity contribution in [3.63, 3.8) is 0 Å². The van der Waals surface area contributed by atoms with Crippen molar-refractivity contribution in [3.8, 4) is 0 Å². The summed E-state index contributed by atoms with van der Waals surface area (Å²) in [5, 5.41) is 3.14. The van der Waals surface area contributed by atoms with Crippen LogP contribution in [0.1, 0.15) is 6.42 Å². The lowest BCUT2D eigenvalue weighted by Crippen LogP contribution is -2.11. The number of esters is 1. The van der Waals surface area contributed by atoms with Gasteiger partial charge in [0.1, 0.15) is 5.52 Å². The molecule has 0 aliphatic rings. The van der Waals surface area contributed by atoms with Crippen LogP contribution in [0, 0.1) is 0 Å². The molecule has 2 aromatic rings. The molecule has 0 fully saturated rings. The van der Waals surface area contributed by atoms with Crippen molar-refractivity contribution in [1.82, 2.24) is 19.5 Å². The van der Waals surface area contributed by atoms with Gasteiger partial charge in [-0.05, 0) is 11.6 Å². The Morgan fingerprint density at radius 1 is 1.56 bits per heavy atom. The Bertz CT molecular complexity index is 583. The molecule has 0 bridgehead atoms. The average molecular weight is 270 g/mol. The summed E-state index contributed by atoms with van der Waals surface area (Å²) in [6.07, 6.45) is 1.87. The van der Waals surface area contributed by atoms with Crippen molar-refractivity contribution in [2.45, 2.75) is 6.42 Å². The van der Waals surface area contributed by atoms with Crippen LogP contribution in [0.4, 0.5) is 5.82 Å². The van der Waals surface area contributed by atoms with E-state index in [1.54, 1.807) is 10.9 Å². The molecule has 0 aliphatic heterocycles. The molecule has 2 aromatic heterocycles. The number of aryl methyl sites for hydroxylation is 1. The van der Waals surface area contributed by atoms with Gasteiger partial charge in [-0.2, -0.15) is 9.97 Å². The first kappa shape index (κ1) is 12.6. The fourth-order valence-corrected chi connectivity index (χ4v) is 1.70. The van der Waals surface area contributed by atoms with Gasteiger partial charge in [-0.1, -0.05) is 0 Å². The number of methoxy groups -OCH3 is 1. The lowest BCUT2D eigenvalue weighted by Gasteiger charge is -2.07. The fourth-order valence-electron chi connectivity index (χ4n) is 1.54. The molecule has 0 aliphatic carbocycles. The standard InChI is InChI=1S/C10H12ClN5O2/c1-16-5-13-9-7(16)8(14-10(11)15-9)12-4-3-6(17)18-2/h5H,3-4H2,1-2H3,(H,12,14,15). The fraction of sp³-hybridized carbons (Fsp3) is 0.400. The lowest BCUT2D eigenvalue weighted by atomic mass is 10.4. The molecule has 7 nitrogen and oxygen atoms in total. The van der Waals surface area contributed by atoms with Gasteiger partial charge in [0.2, 0.25) is 5.28 Å². The third kappa shape index (κ3) is 2.51. The van der Waals surface area contributed by atoms with E-state index < -0.39 is 0 Å². The second-order valence-corrected chi connectivity index (χ2v) is 3.96. The SMILES string of the molecule is COC(=O)CCNc1nc(Cl)nc2ncn(C)c12. The Kier molecular flexibility index (Phi) is 3.61. The maximum atomic E-state index is 11.0. The monoisotopic (exact) mass is 269 g/mol. The Balaban J connectivity index is 2.21. The molecule has 0 unspecified atom stereocenters. The highest BCUT2D eigenvalue weighted by Gasteiger charge is 2.11. The molecule has 1 N–H and O–H groups in total. The normalized spacial score (nSPS) is 10.6. The number of anilines is 1. The highest BCUT2D eigenvalue weighted by Crippen LogP contribution is 2.20. The second kappa shape index (κ2) is 5.18. The molecule has 96 valence electrons. The van der Waals surface area contributed by atoms with Crippen molar-refractivity contribution in [1.29, 1.82) is 0 Å². The molecule has 0 amide bonds. The van der Waals surface area contributed by atoms with Gasteiger partial charge in [-0.25, -0.2) is 4.98 Å². The third-order valence-corrected chi connectivity index (χ3v) is 2.56. The van der Waals surface area contributed by atoms with Crippen LogP contribution in [0.5, 0.6) is 0 Å². The zero-order valence-corrected chi connectivity index (χ0v) is 10.7. The van der Waals surface area contributed by atoms with E-state index in [0.29, 0.717) is 18.0 Å². The summed E-state index contributed by atoms with van der Waals surface area (Å²) in [5.41, 5.74) is 1.25. The van der Waals surface area contributed by atoms with Crippen molar-refractivity contribution >= 4 is 34.6 Å². The molecule has 0 radical (unpaired) electrons. The summed E-state index contributed by atoms with van der Waals surface area (Å²) in [5.74, 6) is 0.262. The highest BCUT2D eigenvalue weighted by molar-refractivity contribution is 6.28. The van der Waals surface area contributed by atoms with Crippen molar-refractivity contribution < 1.29 is 9.53 Å². The molecule has 2 rings (SSSR count). The van der Waals surface area contributed by atoms with Gasteiger partial charge < -0.3 is 14.6 Å². The number of halogens is 1. The predicted molar refractivity (Wildman–Crippen MR) is 66.4 cm³/mol. The zero-order chi connectivity index (χ0) is 13.1. The first-order valence-corrected chi connectivity index (χ1v) is 5.65. The Hall–Kier alpha value is -1.89. The van der Waals surface area contributed by atoms with E-state index in [4.69, 9.17) is 11.6 Å². The molecule has 0 aromatic carbocycles. The Morgan fingerprint density at radius 3 is 3.06 bits per heavy atom. The Labute approximate surface area is 108 Å². The summed E-state index contributed by atoms with van der Waals surface area (Å²) in [7, 11) is 3.18. The number of fused-ring (bicyclic) bond motifs is 1. The smallest absolute Gasteiger partial charge is 0.307 e. The van der Waals surface area contributed by atoms with Crippen LogP contribution in [-0.4, -0.2) is 39.1 Å². The summed E-state index contributed by atoms with van der Waals surface area (Å²) >= 11 is 5.80. The maximum absolute atomic E-state index is 11.0. The van der Waals surface area contributed by atoms with Crippen LogP contribution >= 0.6 is 11.6 Å². The minimum atomic E-state index is -0.288. The minimum Gasteiger partial charge on any atom is -0.469 e. The first-order chi connectivity index (χ1) is 8.61. The van der Waals surface area contributed by atoms with E-state index in [1.807, 2.05) is 7.05 Å². The first-order valence-electron chi connectivity index (χ1n) is 5.27. The second-order valence-electron chi connectivity index (χ2n) is 3.62. The average Bonchev–Trinajstić information content (AvgIpc) is 2.70. The molecule has 0 atom stereocenters. The molecule has 0 saturated carbocycles. The summed E-state index contributed by atoms with van der Waals surface area (Å²) in [6, 6.07) is 0. The number of rotatable bonds is 4. The third-order valence-electron chi connectivity index (χ3n) is 2.39. The van der Waals surface area contributed by atoms with Crippen LogP contribution in [-0.2, 0) is 16.6 Å². The van der Waals surface area contributed by atoms with Gasteiger partial charge >= 0.3 is 5.97 Å². The zero-order valence-electron chi connectivity index (χ0n) is 9.97. The minimum absolute atomic E-state index is 0.113. The number of aromatic nitrogens is 4. The number of nitrogens with one attached hydrogen (secondary N) is 1. The number of hydrogen-bond donors (Lipinski definition) is 1. The van der Waals surface area contributed by atoms with Crippen LogP contribution < -0.4 is 5.32 Å². The van der Waals surface area contributed by atoms with Crippen LogP contribution in [0.3, 0.4) is 0 Å². The number of carbonyl (C=O) groups is 1. The number of hydrogen-bond acceptors (Lipinski definition) is 6. The summed E-state index contributed by atoms with van der Waals surface area (Å²) in [6.45, 7) is 0.403. The van der Waals surface area contributed by atoms with Gasteiger partial charge in [0.15, 0.2) is 11.5 Å². The number of ether oxygens (including phenoxy) is 1. The van der Waals surface area contributed by atoms with E-state index in [0.717, 1.165) is 5.52 Å². The van der Waals surface area contributed by atoms with Crippen LogP contribution in [0.15, 0.2) is 6.33 Å². The van der Waals surface area contributed by atoms with E-state index in [2.05, 4.69) is 25.0 Å². The largest absolute Gasteiger partial charge is 0.469 e. The highest BCUT2D eigenvalue weighted by atomic mass is 35.5. The molecule has 18 heavy (non-hydrogen) atoms. The number of imidazole rings is 1. The summed E-state index contributed by atoms with van der Waals surface area (Å²) in [4.78, 5) is 23.2. The maximum Gasteiger partial charge on any atom is 0.307 e. The molecule has 0 saturated heterocycles. The van der Waals surface area contributed by atoms with Crippen LogP contribution in [0.25, 0.3) is 11.2 Å². The van der Waals surface area contributed by atoms with Gasteiger partial charge in [-0.3, -0.25) is 4.79 Å². The van der Waals surface area contributed by atoms with Crippen LogP contribution in [0.2, 0.25) is 5.28 Å². The van der Waals surface area contributed by atoms with E-state index in [-0.39, 0.29) is 17.7 Å². The van der Waals surface area contributed by atoms with E-state index in [9.17, 15) is 4.79 Å². The molecule has 8 heteroatoms. The lowest BCUT2D eigenvalue weighted by molar-refractivity contribution is -0.140. The van der Waals surface area contributed by atoms with E-state index >= 15 is 0 Å². The number of nitrogens with zero attached hydrogens (tertiary/aromatic N) is 4. The van der Waals surface area contributed by atoms with Gasteiger partial charge in [0.25, 0.3) is 0 Å². The number of carbonyl (C=O) groups excluding carboxylic acids is 1. The molecular formula is C10H12ClN5O2. The Morgan fingerprint density at radius 2 is 2.33 bits per heavy atom. The molecule has 2 heterocycles. The van der Waals surface area contributed by atoms with Gasteiger partial charge in [0, 0.05) is 13.6 Å².